The Morgan fingerprint density at radius 2 is 1.83 bits per heavy atom. The predicted molar refractivity (Wildman–Crippen MR) is 139 cm³/mol. The lowest BCUT2D eigenvalue weighted by molar-refractivity contribution is -0.165. The summed E-state index contributed by atoms with van der Waals surface area (Å²) in [6, 6.07) is 21.4. The summed E-state index contributed by atoms with van der Waals surface area (Å²) in [5, 5.41) is 22.5. The molecule has 1 aliphatic carbocycles. The van der Waals surface area contributed by atoms with Gasteiger partial charge in [0.15, 0.2) is 5.76 Å². The van der Waals surface area contributed by atoms with Crippen LogP contribution in [0, 0.1) is 5.92 Å². The molecule has 1 heterocycles. The van der Waals surface area contributed by atoms with E-state index < -0.39 is 12.2 Å². The molecular formula is C30H31NO5. The highest BCUT2D eigenvalue weighted by atomic mass is 16.7. The smallest absolute Gasteiger partial charge is 0.290 e. The zero-order valence-electron chi connectivity index (χ0n) is 20.3. The van der Waals surface area contributed by atoms with Gasteiger partial charge in [-0.15, -0.1) is 0 Å². The van der Waals surface area contributed by atoms with Gasteiger partial charge in [-0.1, -0.05) is 54.6 Å². The zero-order chi connectivity index (χ0) is 25.1. The van der Waals surface area contributed by atoms with Gasteiger partial charge in [-0.2, -0.15) is 0 Å². The maximum absolute atomic E-state index is 13.3. The van der Waals surface area contributed by atoms with Crippen LogP contribution in [-0.2, 0) is 20.7 Å². The van der Waals surface area contributed by atoms with Crippen molar-refractivity contribution in [1.82, 2.24) is 0 Å². The minimum atomic E-state index is -0.638. The Labute approximate surface area is 211 Å². The van der Waals surface area contributed by atoms with Crippen LogP contribution in [0.25, 0.3) is 11.1 Å². The molecule has 2 aliphatic rings. The number of aliphatic hydroxyl groups is 1. The summed E-state index contributed by atoms with van der Waals surface area (Å²) in [4.78, 5) is 13.3. The van der Waals surface area contributed by atoms with Crippen molar-refractivity contribution >= 4 is 11.6 Å². The van der Waals surface area contributed by atoms with E-state index in [0.29, 0.717) is 25.1 Å². The third-order valence-electron chi connectivity index (χ3n) is 7.03. The monoisotopic (exact) mass is 485 g/mol. The average molecular weight is 486 g/mol. The van der Waals surface area contributed by atoms with Crippen molar-refractivity contribution in [2.24, 2.45) is 5.92 Å². The Kier molecular flexibility index (Phi) is 7.07. The second-order valence-electron chi connectivity index (χ2n) is 9.21. The van der Waals surface area contributed by atoms with E-state index in [0.717, 1.165) is 12.0 Å². The molecule has 0 fully saturated rings. The lowest BCUT2D eigenvalue weighted by Crippen LogP contribution is -2.37. The van der Waals surface area contributed by atoms with Gasteiger partial charge in [0.05, 0.1) is 5.69 Å². The SMILES string of the molecule is CCO[C@H]1OC(C(=O)Nc2ccccc2O)=C[C@@H](c2cccc3c2Cc2ccccc2-3)[C@@H]1CCCO. The summed E-state index contributed by atoms with van der Waals surface area (Å²) in [5.74, 6) is -0.511. The van der Waals surface area contributed by atoms with Crippen LogP contribution in [-0.4, -0.2) is 35.6 Å². The van der Waals surface area contributed by atoms with E-state index in [2.05, 4.69) is 47.8 Å². The van der Waals surface area contributed by atoms with Crippen LogP contribution in [0.15, 0.2) is 78.6 Å². The molecule has 0 unspecified atom stereocenters. The lowest BCUT2D eigenvalue weighted by atomic mass is 9.78. The minimum Gasteiger partial charge on any atom is -0.506 e. The van der Waals surface area contributed by atoms with Gasteiger partial charge < -0.3 is 25.0 Å². The Morgan fingerprint density at radius 3 is 2.64 bits per heavy atom. The number of para-hydroxylation sites is 2. The topological polar surface area (TPSA) is 88.0 Å². The van der Waals surface area contributed by atoms with Gasteiger partial charge in [-0.3, -0.25) is 4.79 Å². The molecule has 6 nitrogen and oxygen atoms in total. The van der Waals surface area contributed by atoms with Gasteiger partial charge in [0.25, 0.3) is 5.91 Å². The molecule has 0 bridgehead atoms. The van der Waals surface area contributed by atoms with E-state index in [-0.39, 0.29) is 30.0 Å². The Hall–Kier alpha value is -3.61. The number of phenolic OH excluding ortho intramolecular Hbond substituents is 1. The summed E-state index contributed by atoms with van der Waals surface area (Å²) >= 11 is 0. The van der Waals surface area contributed by atoms with Crippen molar-refractivity contribution in [3.63, 3.8) is 0 Å². The molecule has 1 aliphatic heterocycles. The normalized spacial score (nSPS) is 20.2. The fourth-order valence-corrected chi connectivity index (χ4v) is 5.38. The summed E-state index contributed by atoms with van der Waals surface area (Å²) in [6.07, 6.45) is 3.37. The lowest BCUT2D eigenvalue weighted by Gasteiger charge is -2.37. The Bertz CT molecular complexity index is 1280. The predicted octanol–water partition coefficient (Wildman–Crippen LogP) is 5.35. The van der Waals surface area contributed by atoms with Gasteiger partial charge >= 0.3 is 0 Å². The second kappa shape index (κ2) is 10.6. The van der Waals surface area contributed by atoms with Crippen LogP contribution in [0.1, 0.15) is 42.4 Å². The van der Waals surface area contributed by atoms with Crippen molar-refractivity contribution in [3.8, 4) is 16.9 Å². The molecule has 3 atom stereocenters. The summed E-state index contributed by atoms with van der Waals surface area (Å²) in [6.45, 7) is 2.41. The largest absolute Gasteiger partial charge is 0.506 e. The number of nitrogens with one attached hydrogen (secondary N) is 1. The zero-order valence-corrected chi connectivity index (χ0v) is 20.3. The highest BCUT2D eigenvalue weighted by Gasteiger charge is 2.39. The molecule has 0 spiro atoms. The Morgan fingerprint density at radius 1 is 1.06 bits per heavy atom. The van der Waals surface area contributed by atoms with Crippen molar-refractivity contribution in [2.45, 2.75) is 38.4 Å². The first-order valence-electron chi connectivity index (χ1n) is 12.5. The number of rotatable bonds is 8. The number of hydrogen-bond acceptors (Lipinski definition) is 5. The van der Waals surface area contributed by atoms with Crippen molar-refractivity contribution in [3.05, 3.63) is 95.3 Å². The number of fused-ring (bicyclic) bond motifs is 3. The first-order valence-corrected chi connectivity index (χ1v) is 12.5. The molecule has 36 heavy (non-hydrogen) atoms. The van der Waals surface area contributed by atoms with E-state index in [1.807, 2.05) is 13.0 Å². The van der Waals surface area contributed by atoms with Crippen molar-refractivity contribution in [1.29, 1.82) is 0 Å². The highest BCUT2D eigenvalue weighted by molar-refractivity contribution is 6.03. The standard InChI is InChI=1S/C30H31NO5/c1-2-35-30-23(13-8-16-32)25(18-28(36-30)29(34)31-26-14-5-6-15-27(26)33)22-12-7-11-21-20-10-4-3-9-19(20)17-24(21)22/h3-7,9-12,14-15,18,23,25,30,32-33H,2,8,13,16-17H2,1H3,(H,31,34)/t23-,25-,30-/m0/s1. The molecule has 3 N–H and O–H groups in total. The molecule has 186 valence electrons. The molecule has 0 saturated carbocycles. The average Bonchev–Trinajstić information content (AvgIpc) is 3.28. The quantitative estimate of drug-likeness (QED) is 0.293. The first kappa shape index (κ1) is 24.1. The molecule has 3 aromatic rings. The number of aliphatic hydroxyl groups excluding tert-OH is 1. The van der Waals surface area contributed by atoms with Gasteiger partial charge in [0.2, 0.25) is 6.29 Å². The third kappa shape index (κ3) is 4.62. The maximum Gasteiger partial charge on any atom is 0.290 e. The third-order valence-corrected chi connectivity index (χ3v) is 7.03. The number of carbonyl (C=O) groups excluding carboxylic acids is 1. The van der Waals surface area contributed by atoms with Crippen LogP contribution in [0.5, 0.6) is 5.75 Å². The molecular weight excluding hydrogens is 454 g/mol. The molecule has 0 saturated heterocycles. The van der Waals surface area contributed by atoms with Crippen LogP contribution in [0.3, 0.4) is 0 Å². The van der Waals surface area contributed by atoms with Crippen LogP contribution in [0.4, 0.5) is 5.69 Å². The van der Waals surface area contributed by atoms with Crippen LogP contribution < -0.4 is 5.32 Å². The maximum atomic E-state index is 13.3. The number of hydrogen-bond donors (Lipinski definition) is 3. The number of ether oxygens (including phenoxy) is 2. The molecule has 1 amide bonds. The molecule has 0 radical (unpaired) electrons. The van der Waals surface area contributed by atoms with Crippen LogP contribution in [0.2, 0.25) is 0 Å². The number of aromatic hydroxyl groups is 1. The minimum absolute atomic E-state index is 0.0142. The van der Waals surface area contributed by atoms with Gasteiger partial charge in [-0.05, 0) is 72.2 Å². The first-order chi connectivity index (χ1) is 17.6. The van der Waals surface area contributed by atoms with Crippen molar-refractivity contribution in [2.75, 3.05) is 18.5 Å². The van der Waals surface area contributed by atoms with Gasteiger partial charge in [0, 0.05) is 25.0 Å². The van der Waals surface area contributed by atoms with E-state index in [9.17, 15) is 15.0 Å². The van der Waals surface area contributed by atoms with Gasteiger partial charge in [-0.25, -0.2) is 0 Å². The number of benzene rings is 3. The molecule has 0 aromatic heterocycles. The fourth-order valence-electron chi connectivity index (χ4n) is 5.38. The molecule has 5 rings (SSSR count). The summed E-state index contributed by atoms with van der Waals surface area (Å²) in [7, 11) is 0. The van der Waals surface area contributed by atoms with E-state index >= 15 is 0 Å². The molecule has 6 heteroatoms. The fraction of sp³-hybridized carbons (Fsp3) is 0.300. The Balaban J connectivity index is 1.56. The van der Waals surface area contributed by atoms with E-state index in [1.165, 1.54) is 28.3 Å². The van der Waals surface area contributed by atoms with Crippen molar-refractivity contribution < 1.29 is 24.5 Å². The summed E-state index contributed by atoms with van der Waals surface area (Å²) < 4.78 is 12.1. The number of amides is 1. The van der Waals surface area contributed by atoms with E-state index in [4.69, 9.17) is 9.47 Å². The number of carbonyl (C=O) groups is 1. The van der Waals surface area contributed by atoms with E-state index in [1.54, 1.807) is 18.2 Å². The summed E-state index contributed by atoms with van der Waals surface area (Å²) in [5.41, 5.74) is 6.48. The van der Waals surface area contributed by atoms with Crippen LogP contribution >= 0.6 is 0 Å². The number of allylic oxidation sites excluding steroid dienone is 1. The highest BCUT2D eigenvalue weighted by Crippen LogP contribution is 2.46. The second-order valence-corrected chi connectivity index (χ2v) is 9.21. The van der Waals surface area contributed by atoms with Gasteiger partial charge in [0.1, 0.15) is 5.75 Å². The molecule has 3 aromatic carbocycles. The number of phenols is 1. The number of anilines is 1.